The van der Waals surface area contributed by atoms with E-state index < -0.39 is 5.97 Å². The van der Waals surface area contributed by atoms with E-state index in [0.717, 1.165) is 4.88 Å². The lowest BCUT2D eigenvalue weighted by Gasteiger charge is -1.93. The van der Waals surface area contributed by atoms with Gasteiger partial charge in [0.1, 0.15) is 0 Å². The van der Waals surface area contributed by atoms with E-state index >= 15 is 0 Å². The molecule has 0 atom stereocenters. The smallest absolute Gasteiger partial charge is 0.303 e. The molecule has 0 saturated heterocycles. The Morgan fingerprint density at radius 2 is 2.21 bits per heavy atom. The normalized spacial score (nSPS) is 9.05. The summed E-state index contributed by atoms with van der Waals surface area (Å²) in [5, 5.41) is 11.8. The molecule has 0 bridgehead atoms. The first kappa shape index (κ1) is 14.8. The second-order valence-corrected chi connectivity index (χ2v) is 4.57. The molecule has 1 rings (SSSR count). The molecule has 19 heavy (non-hydrogen) atoms. The Morgan fingerprint density at radius 1 is 1.42 bits per heavy atom. The van der Waals surface area contributed by atoms with Crippen LogP contribution < -0.4 is 0 Å². The quantitative estimate of drug-likeness (QED) is 0.216. The number of aliphatic carboxylic acids is 1. The summed E-state index contributed by atoms with van der Waals surface area (Å²) < 4.78 is 0. The molecule has 0 aliphatic rings. The summed E-state index contributed by atoms with van der Waals surface area (Å²) in [6.07, 6.45) is 0.299. The van der Waals surface area contributed by atoms with Crippen LogP contribution in [0.1, 0.15) is 33.8 Å². The molecule has 0 saturated carbocycles. The highest BCUT2D eigenvalue weighted by atomic mass is 32.1. The predicted octanol–water partition coefficient (Wildman–Crippen LogP) is 2.85. The summed E-state index contributed by atoms with van der Waals surface area (Å²) >= 11 is 1.24. The van der Waals surface area contributed by atoms with Gasteiger partial charge in [0.15, 0.2) is 5.78 Å². The largest absolute Gasteiger partial charge is 0.481 e. The minimum Gasteiger partial charge on any atom is -0.481 e. The van der Waals surface area contributed by atoms with Gasteiger partial charge in [-0.25, -0.2) is 0 Å². The zero-order valence-corrected chi connectivity index (χ0v) is 10.8. The van der Waals surface area contributed by atoms with Gasteiger partial charge in [-0.15, -0.1) is 11.3 Å². The zero-order valence-electron chi connectivity index (χ0n) is 10.00. The maximum absolute atomic E-state index is 11.6. The Bertz CT molecular complexity index is 577. The van der Waals surface area contributed by atoms with Crippen LogP contribution in [-0.2, 0) is 4.79 Å². The standard InChI is InChI=1S/C12H11N3O3S/c13-15-14-8-2-1-3-9-4-6-11(19-9)10(16)5-7-12(17)18/h4,6H,2,5,7-8H2,(H,17,18). The van der Waals surface area contributed by atoms with Gasteiger partial charge in [0.25, 0.3) is 0 Å². The van der Waals surface area contributed by atoms with Crippen molar-refractivity contribution in [2.24, 2.45) is 5.11 Å². The van der Waals surface area contributed by atoms with Crippen molar-refractivity contribution in [3.8, 4) is 11.8 Å². The number of nitrogens with zero attached hydrogens (tertiary/aromatic N) is 3. The second kappa shape index (κ2) is 7.93. The third kappa shape index (κ3) is 5.73. The molecule has 1 aromatic rings. The van der Waals surface area contributed by atoms with Crippen LogP contribution in [0.4, 0.5) is 0 Å². The summed E-state index contributed by atoms with van der Waals surface area (Å²) in [7, 11) is 0. The number of carboxylic acids is 1. The lowest BCUT2D eigenvalue weighted by molar-refractivity contribution is -0.136. The minimum absolute atomic E-state index is 0.000397. The van der Waals surface area contributed by atoms with E-state index in [0.29, 0.717) is 17.8 Å². The number of azide groups is 1. The average Bonchev–Trinajstić information content (AvgIpc) is 2.84. The maximum atomic E-state index is 11.6. The number of carbonyl (C=O) groups excluding carboxylic acids is 1. The number of hydrogen-bond acceptors (Lipinski definition) is 4. The third-order valence-electron chi connectivity index (χ3n) is 2.06. The SMILES string of the molecule is [N-]=[N+]=NCCC#Cc1ccc(C(=O)CCC(=O)O)s1. The van der Waals surface area contributed by atoms with Crippen molar-refractivity contribution in [2.75, 3.05) is 6.54 Å². The number of carboxylic acid groups (broad SMARTS) is 1. The second-order valence-electron chi connectivity index (χ2n) is 3.49. The average molecular weight is 277 g/mol. The van der Waals surface area contributed by atoms with Crippen molar-refractivity contribution in [1.82, 2.24) is 0 Å². The first-order valence-corrected chi connectivity index (χ1v) is 6.29. The van der Waals surface area contributed by atoms with Crippen LogP contribution in [0.3, 0.4) is 0 Å². The molecule has 98 valence electrons. The van der Waals surface area contributed by atoms with E-state index in [1.54, 1.807) is 12.1 Å². The van der Waals surface area contributed by atoms with Crippen molar-refractivity contribution < 1.29 is 14.7 Å². The molecular formula is C12H11N3O3S. The zero-order chi connectivity index (χ0) is 14.1. The van der Waals surface area contributed by atoms with E-state index in [4.69, 9.17) is 10.6 Å². The summed E-state index contributed by atoms with van der Waals surface area (Å²) in [6.45, 7) is 0.319. The Balaban J connectivity index is 2.54. The molecule has 0 amide bonds. The van der Waals surface area contributed by atoms with Crippen LogP contribution in [0.15, 0.2) is 17.2 Å². The highest BCUT2D eigenvalue weighted by Gasteiger charge is 2.10. The summed E-state index contributed by atoms with van der Waals surface area (Å²) in [4.78, 5) is 25.8. The van der Waals surface area contributed by atoms with Gasteiger partial charge in [0, 0.05) is 24.3 Å². The number of carbonyl (C=O) groups is 2. The summed E-state index contributed by atoms with van der Waals surface area (Å²) in [6, 6.07) is 3.37. The fourth-order valence-electron chi connectivity index (χ4n) is 1.20. The van der Waals surface area contributed by atoms with E-state index in [9.17, 15) is 9.59 Å². The molecule has 0 unspecified atom stereocenters. The van der Waals surface area contributed by atoms with Crippen LogP contribution in [0.25, 0.3) is 10.4 Å². The Kier molecular flexibility index (Phi) is 6.16. The molecule has 0 radical (unpaired) electrons. The van der Waals surface area contributed by atoms with Crippen LogP contribution in [-0.4, -0.2) is 23.4 Å². The minimum atomic E-state index is -0.983. The van der Waals surface area contributed by atoms with Crippen molar-refractivity contribution in [3.63, 3.8) is 0 Å². The highest BCUT2D eigenvalue weighted by molar-refractivity contribution is 7.14. The van der Waals surface area contributed by atoms with Crippen LogP contribution in [0, 0.1) is 11.8 Å². The predicted molar refractivity (Wildman–Crippen MR) is 71.0 cm³/mol. The van der Waals surface area contributed by atoms with Crippen LogP contribution in [0.2, 0.25) is 0 Å². The van der Waals surface area contributed by atoms with Crippen molar-refractivity contribution in [3.05, 3.63) is 32.3 Å². The molecular weight excluding hydrogens is 266 g/mol. The van der Waals surface area contributed by atoms with Gasteiger partial charge in [0.2, 0.25) is 0 Å². The van der Waals surface area contributed by atoms with E-state index in [1.807, 2.05) is 0 Å². The lowest BCUT2D eigenvalue weighted by atomic mass is 10.2. The molecule has 7 heteroatoms. The number of hydrogen-bond donors (Lipinski definition) is 1. The first-order chi connectivity index (χ1) is 9.13. The fourth-order valence-corrected chi connectivity index (χ4v) is 2.05. The molecule has 1 N–H and O–H groups in total. The lowest BCUT2D eigenvalue weighted by Crippen LogP contribution is -2.01. The third-order valence-corrected chi connectivity index (χ3v) is 3.10. The summed E-state index contributed by atoms with van der Waals surface area (Å²) in [5.41, 5.74) is 8.07. The van der Waals surface area contributed by atoms with Crippen molar-refractivity contribution in [2.45, 2.75) is 19.3 Å². The molecule has 0 aliphatic heterocycles. The number of ketones is 1. The molecule has 0 fully saturated rings. The monoisotopic (exact) mass is 277 g/mol. The van der Waals surface area contributed by atoms with Crippen molar-refractivity contribution >= 4 is 23.1 Å². The van der Waals surface area contributed by atoms with Gasteiger partial charge >= 0.3 is 5.97 Å². The number of Topliss-reactive ketones (excluding diaryl/α,β-unsaturated/α-hetero) is 1. The van der Waals surface area contributed by atoms with Crippen LogP contribution in [0.5, 0.6) is 0 Å². The number of thiophene rings is 1. The Morgan fingerprint density at radius 3 is 2.89 bits per heavy atom. The van der Waals surface area contributed by atoms with Gasteiger partial charge in [-0.3, -0.25) is 9.59 Å². The van der Waals surface area contributed by atoms with Gasteiger partial charge < -0.3 is 5.11 Å². The van der Waals surface area contributed by atoms with Crippen LogP contribution >= 0.6 is 11.3 Å². The summed E-state index contributed by atoms with van der Waals surface area (Å²) in [5.74, 6) is 4.52. The van der Waals surface area contributed by atoms with E-state index in [1.165, 1.54) is 11.3 Å². The molecule has 1 aromatic heterocycles. The molecule has 6 nitrogen and oxygen atoms in total. The molecule has 0 aromatic carbocycles. The molecule has 1 heterocycles. The fraction of sp³-hybridized carbons (Fsp3) is 0.333. The van der Waals surface area contributed by atoms with E-state index in [-0.39, 0.29) is 18.6 Å². The topological polar surface area (TPSA) is 103 Å². The van der Waals surface area contributed by atoms with Gasteiger partial charge in [0.05, 0.1) is 16.2 Å². The van der Waals surface area contributed by atoms with Gasteiger partial charge in [-0.2, -0.15) is 0 Å². The van der Waals surface area contributed by atoms with Gasteiger partial charge in [-0.05, 0) is 17.7 Å². The van der Waals surface area contributed by atoms with Crippen molar-refractivity contribution in [1.29, 1.82) is 0 Å². The molecule has 0 spiro atoms. The maximum Gasteiger partial charge on any atom is 0.303 e. The Labute approximate surface area is 113 Å². The molecule has 0 aliphatic carbocycles. The van der Waals surface area contributed by atoms with E-state index in [2.05, 4.69) is 21.9 Å². The number of rotatable bonds is 6. The van der Waals surface area contributed by atoms with Gasteiger partial charge in [-0.1, -0.05) is 17.0 Å². The highest BCUT2D eigenvalue weighted by Crippen LogP contribution is 2.17. The first-order valence-electron chi connectivity index (χ1n) is 5.48. The Hall–Kier alpha value is -2.29.